The molecule has 56 heavy (non-hydrogen) atoms. The lowest BCUT2D eigenvalue weighted by Gasteiger charge is -2.18. The van der Waals surface area contributed by atoms with Gasteiger partial charge in [0.25, 0.3) is 0 Å². The maximum Gasteiger partial charge on any atom is 0.469 e. The van der Waals surface area contributed by atoms with Gasteiger partial charge in [-0.05, 0) is 57.8 Å². The number of ether oxygens (including phenoxy) is 2. The molecule has 0 fully saturated rings. The molecule has 0 aromatic heterocycles. The molecule has 0 aliphatic rings. The molecule has 0 aromatic rings. The van der Waals surface area contributed by atoms with E-state index in [2.05, 4.69) is 54.8 Å². The van der Waals surface area contributed by atoms with Crippen molar-refractivity contribution in [3.8, 4) is 0 Å². The molecule has 0 saturated carbocycles. The summed E-state index contributed by atoms with van der Waals surface area (Å²) in [6.45, 7) is 3.66. The van der Waals surface area contributed by atoms with Gasteiger partial charge in [-0.3, -0.25) is 14.1 Å². The highest BCUT2D eigenvalue weighted by Gasteiger charge is 2.22. The largest absolute Gasteiger partial charge is 0.469 e. The molecule has 0 aliphatic carbocycles. The normalized spacial score (nSPS) is 12.7. The highest BCUT2D eigenvalue weighted by Crippen LogP contribution is 2.36. The summed E-state index contributed by atoms with van der Waals surface area (Å²) in [6, 6.07) is 0. The van der Waals surface area contributed by atoms with Gasteiger partial charge in [0.1, 0.15) is 6.61 Å². The predicted molar refractivity (Wildman–Crippen MR) is 235 cm³/mol. The van der Waals surface area contributed by atoms with Crippen LogP contribution in [0.15, 0.2) is 36.5 Å². The molecule has 328 valence electrons. The fraction of sp³-hybridized carbons (Fsp3) is 0.830. The molecule has 0 rings (SSSR count). The molecule has 0 aromatic carbocycles. The summed E-state index contributed by atoms with van der Waals surface area (Å²) in [7, 11) is -4.77. The number of carbonyl (C=O) groups is 2. The lowest BCUT2D eigenvalue weighted by Crippen LogP contribution is -2.29. The van der Waals surface area contributed by atoms with Gasteiger partial charge < -0.3 is 19.3 Å². The van der Waals surface area contributed by atoms with Crippen LogP contribution in [-0.4, -0.2) is 41.0 Å². The van der Waals surface area contributed by atoms with E-state index in [1.54, 1.807) is 0 Å². The number of rotatable bonds is 43. The second-order valence-corrected chi connectivity index (χ2v) is 17.0. The third kappa shape index (κ3) is 45.0. The summed E-state index contributed by atoms with van der Waals surface area (Å²) in [5.74, 6) is -0.933. The molecular formula is C47H87O8P. The quantitative estimate of drug-likeness (QED) is 0.0205. The number of carbonyl (C=O) groups excluding carboxylic acids is 2. The van der Waals surface area contributed by atoms with Crippen LogP contribution >= 0.6 is 7.82 Å². The monoisotopic (exact) mass is 811 g/mol. The second-order valence-electron chi connectivity index (χ2n) is 15.8. The third-order valence-electron chi connectivity index (χ3n) is 10.2. The Morgan fingerprint density at radius 3 is 1.27 bits per heavy atom. The summed E-state index contributed by atoms with van der Waals surface area (Å²) in [5.41, 5.74) is 0. The van der Waals surface area contributed by atoms with Gasteiger partial charge >= 0.3 is 19.8 Å². The van der Waals surface area contributed by atoms with E-state index in [-0.39, 0.29) is 19.4 Å². The summed E-state index contributed by atoms with van der Waals surface area (Å²) in [6.07, 6.45) is 51.7. The Labute approximate surface area is 344 Å². The van der Waals surface area contributed by atoms with Crippen LogP contribution in [0.4, 0.5) is 0 Å². The van der Waals surface area contributed by atoms with Crippen LogP contribution in [0.5, 0.6) is 0 Å². The van der Waals surface area contributed by atoms with E-state index in [0.717, 1.165) is 51.4 Å². The van der Waals surface area contributed by atoms with Crippen molar-refractivity contribution in [2.45, 2.75) is 238 Å². The highest BCUT2D eigenvalue weighted by atomic mass is 31.2. The van der Waals surface area contributed by atoms with E-state index in [1.807, 2.05) is 0 Å². The van der Waals surface area contributed by atoms with Gasteiger partial charge in [-0.15, -0.1) is 0 Å². The zero-order chi connectivity index (χ0) is 41.1. The third-order valence-corrected chi connectivity index (χ3v) is 10.6. The second kappa shape index (κ2) is 42.9. The minimum atomic E-state index is -4.77. The van der Waals surface area contributed by atoms with Crippen LogP contribution in [0.25, 0.3) is 0 Å². The Morgan fingerprint density at radius 1 is 0.464 bits per heavy atom. The van der Waals surface area contributed by atoms with Crippen molar-refractivity contribution in [3.05, 3.63) is 36.5 Å². The van der Waals surface area contributed by atoms with Crippen LogP contribution in [-0.2, 0) is 28.2 Å². The topological polar surface area (TPSA) is 119 Å². The van der Waals surface area contributed by atoms with Crippen LogP contribution < -0.4 is 0 Å². The first-order valence-electron chi connectivity index (χ1n) is 23.3. The first-order chi connectivity index (χ1) is 27.3. The number of hydrogen-bond donors (Lipinski definition) is 2. The van der Waals surface area contributed by atoms with Gasteiger partial charge in [-0.2, -0.15) is 0 Å². The highest BCUT2D eigenvalue weighted by molar-refractivity contribution is 7.46. The van der Waals surface area contributed by atoms with Crippen molar-refractivity contribution >= 4 is 19.8 Å². The maximum absolute atomic E-state index is 12.4. The molecule has 0 heterocycles. The minimum Gasteiger partial charge on any atom is -0.462 e. The molecule has 0 unspecified atom stereocenters. The first-order valence-corrected chi connectivity index (χ1v) is 24.8. The summed E-state index contributed by atoms with van der Waals surface area (Å²) >= 11 is 0. The molecule has 1 atom stereocenters. The lowest BCUT2D eigenvalue weighted by molar-refractivity contribution is -0.161. The molecule has 2 N–H and O–H groups in total. The molecule has 9 heteroatoms. The Balaban J connectivity index is 3.88. The molecular weight excluding hydrogens is 723 g/mol. The molecule has 0 amide bonds. The van der Waals surface area contributed by atoms with Crippen LogP contribution in [0.3, 0.4) is 0 Å². The Morgan fingerprint density at radius 2 is 0.821 bits per heavy atom. The number of phosphoric ester groups is 1. The molecule has 0 bridgehead atoms. The van der Waals surface area contributed by atoms with E-state index in [9.17, 15) is 14.2 Å². The molecule has 0 spiro atoms. The van der Waals surface area contributed by atoms with Gasteiger partial charge in [0, 0.05) is 12.8 Å². The first kappa shape index (κ1) is 54.3. The SMILES string of the molecule is CCCCCC/C=C/C=C/CCCCCCCC(=O)OC[C@H](COP(=O)(O)O)OC(=O)CCC/C=C/CCCCCCCCCCCCCCCCCCCC. The summed E-state index contributed by atoms with van der Waals surface area (Å²) < 4.78 is 26.4. The van der Waals surface area contributed by atoms with E-state index in [0.29, 0.717) is 12.8 Å². The van der Waals surface area contributed by atoms with Gasteiger partial charge in [0.2, 0.25) is 0 Å². The summed E-state index contributed by atoms with van der Waals surface area (Å²) in [4.78, 5) is 42.9. The average molecular weight is 811 g/mol. The van der Waals surface area contributed by atoms with Crippen molar-refractivity contribution in [1.82, 2.24) is 0 Å². The molecule has 0 radical (unpaired) electrons. The van der Waals surface area contributed by atoms with Crippen molar-refractivity contribution in [2.75, 3.05) is 13.2 Å². The van der Waals surface area contributed by atoms with Crippen LogP contribution in [0.2, 0.25) is 0 Å². The number of phosphoric acid groups is 1. The maximum atomic E-state index is 12.4. The number of hydrogen-bond acceptors (Lipinski definition) is 6. The van der Waals surface area contributed by atoms with E-state index in [4.69, 9.17) is 19.3 Å². The van der Waals surface area contributed by atoms with E-state index < -0.39 is 32.5 Å². The van der Waals surface area contributed by atoms with Crippen LogP contribution in [0, 0.1) is 0 Å². The summed E-state index contributed by atoms with van der Waals surface area (Å²) in [5, 5.41) is 0. The average Bonchev–Trinajstić information content (AvgIpc) is 3.17. The van der Waals surface area contributed by atoms with Gasteiger partial charge in [-0.1, -0.05) is 198 Å². The molecule has 8 nitrogen and oxygen atoms in total. The molecule has 0 saturated heterocycles. The fourth-order valence-electron chi connectivity index (χ4n) is 6.66. The van der Waals surface area contributed by atoms with Crippen LogP contribution in [0.1, 0.15) is 232 Å². The van der Waals surface area contributed by atoms with E-state index in [1.165, 1.54) is 141 Å². The number of unbranched alkanes of at least 4 members (excludes halogenated alkanes) is 28. The lowest BCUT2D eigenvalue weighted by atomic mass is 10.0. The zero-order valence-electron chi connectivity index (χ0n) is 36.3. The van der Waals surface area contributed by atoms with Crippen molar-refractivity contribution in [3.63, 3.8) is 0 Å². The fourth-order valence-corrected chi connectivity index (χ4v) is 7.02. The van der Waals surface area contributed by atoms with E-state index >= 15 is 0 Å². The minimum absolute atomic E-state index is 0.162. The van der Waals surface area contributed by atoms with Gasteiger partial charge in [-0.25, -0.2) is 4.57 Å². The Bertz CT molecular complexity index is 1000. The van der Waals surface area contributed by atoms with Crippen molar-refractivity contribution in [2.24, 2.45) is 0 Å². The number of esters is 2. The standard InChI is InChI=1S/C47H87O8P/c1-3-5-7-9-11-13-15-17-19-20-21-22-23-24-25-26-28-30-32-34-36-38-40-42-47(49)55-45(44-54-56(50,51)52)43-53-46(48)41-39-37-35-33-31-29-27-18-16-14-12-10-8-6-4-2/h14,16,18,27,34,36,45H,3-13,15,17,19-26,28-33,35,37-44H2,1-2H3,(H2,50,51,52)/b16-14+,27-18+,36-34+/t45-/m1/s1. The zero-order valence-corrected chi connectivity index (χ0v) is 37.2. The Hall–Kier alpha value is -1.73. The van der Waals surface area contributed by atoms with Crippen molar-refractivity contribution < 1.29 is 37.9 Å². The number of allylic oxidation sites excluding steroid dienone is 6. The van der Waals surface area contributed by atoms with Gasteiger partial charge in [0.15, 0.2) is 6.10 Å². The Kier molecular flexibility index (Phi) is 41.5. The van der Waals surface area contributed by atoms with Crippen molar-refractivity contribution in [1.29, 1.82) is 0 Å². The molecule has 0 aliphatic heterocycles. The smallest absolute Gasteiger partial charge is 0.462 e. The predicted octanol–water partition coefficient (Wildman–Crippen LogP) is 14.5. The van der Waals surface area contributed by atoms with Gasteiger partial charge in [0.05, 0.1) is 6.61 Å².